The maximum absolute atomic E-state index is 11.7. The molecule has 94 valence electrons. The van der Waals surface area contributed by atoms with E-state index >= 15 is 0 Å². The molecule has 0 fully saturated rings. The molecule has 0 aliphatic heterocycles. The van der Waals surface area contributed by atoms with Gasteiger partial charge in [-0.2, -0.15) is 0 Å². The fourth-order valence-corrected chi connectivity index (χ4v) is 2.39. The molecule has 0 saturated heterocycles. The smallest absolute Gasteiger partial charge is 0.281 e. The largest absolute Gasteiger partial charge is 0.472 e. The van der Waals surface area contributed by atoms with Crippen molar-refractivity contribution >= 4 is 34.8 Å². The Kier molecular flexibility index (Phi) is 3.69. The highest BCUT2D eigenvalue weighted by atomic mass is 35.5. The molecule has 0 bridgehead atoms. The first kappa shape index (κ1) is 12.7. The van der Waals surface area contributed by atoms with E-state index in [0.29, 0.717) is 15.5 Å². The molecule has 2 N–H and O–H groups in total. The van der Waals surface area contributed by atoms with Gasteiger partial charge in [-0.1, -0.05) is 11.6 Å². The third-order valence-electron chi connectivity index (χ3n) is 2.18. The van der Waals surface area contributed by atoms with E-state index in [9.17, 15) is 9.59 Å². The number of halogens is 1. The Labute approximate surface area is 112 Å². The van der Waals surface area contributed by atoms with Crippen molar-refractivity contribution in [1.82, 2.24) is 10.9 Å². The number of carbonyl (C=O) groups is 2. The summed E-state index contributed by atoms with van der Waals surface area (Å²) in [4.78, 5) is 23.6. The summed E-state index contributed by atoms with van der Waals surface area (Å²) in [6.07, 6.45) is 2.65. The van der Waals surface area contributed by atoms with Crippen molar-refractivity contribution in [3.05, 3.63) is 45.0 Å². The summed E-state index contributed by atoms with van der Waals surface area (Å²) in [7, 11) is 0. The highest BCUT2D eigenvalue weighted by Crippen LogP contribution is 2.26. The third kappa shape index (κ3) is 2.55. The molecule has 0 aromatic carbocycles. The molecule has 0 aliphatic rings. The molecule has 0 radical (unpaired) electrons. The van der Waals surface area contributed by atoms with Crippen LogP contribution in [0.15, 0.2) is 28.4 Å². The molecule has 2 rings (SSSR count). The number of rotatable bonds is 2. The van der Waals surface area contributed by atoms with E-state index in [-0.39, 0.29) is 0 Å². The van der Waals surface area contributed by atoms with Crippen molar-refractivity contribution in [3.63, 3.8) is 0 Å². The molecule has 0 spiro atoms. The maximum atomic E-state index is 11.7. The van der Waals surface area contributed by atoms with E-state index in [2.05, 4.69) is 10.9 Å². The lowest BCUT2D eigenvalue weighted by atomic mass is 10.3. The summed E-state index contributed by atoms with van der Waals surface area (Å²) < 4.78 is 4.76. The van der Waals surface area contributed by atoms with E-state index < -0.39 is 11.8 Å². The second kappa shape index (κ2) is 5.24. The van der Waals surface area contributed by atoms with Gasteiger partial charge in [-0.25, -0.2) is 0 Å². The van der Waals surface area contributed by atoms with Crippen LogP contribution in [0.4, 0.5) is 0 Å². The number of nitrogens with one attached hydrogen (secondary N) is 2. The fraction of sp³-hybridized carbons (Fsp3) is 0.0909. The van der Waals surface area contributed by atoms with Crippen LogP contribution in [-0.2, 0) is 0 Å². The number of amides is 2. The van der Waals surface area contributed by atoms with E-state index in [4.69, 9.17) is 16.0 Å². The molecule has 2 amide bonds. The highest BCUT2D eigenvalue weighted by Gasteiger charge is 2.15. The van der Waals surface area contributed by atoms with Gasteiger partial charge in [-0.3, -0.25) is 20.4 Å². The van der Waals surface area contributed by atoms with Crippen molar-refractivity contribution in [2.75, 3.05) is 0 Å². The molecular formula is C11H9ClN2O3S. The predicted octanol–water partition coefficient (Wildman–Crippen LogP) is 2.38. The van der Waals surface area contributed by atoms with Crippen molar-refractivity contribution < 1.29 is 14.0 Å². The van der Waals surface area contributed by atoms with Gasteiger partial charge in [0.15, 0.2) is 0 Å². The number of carbonyl (C=O) groups excluding carboxylic acids is 2. The van der Waals surface area contributed by atoms with Crippen LogP contribution in [0.2, 0.25) is 5.02 Å². The van der Waals surface area contributed by atoms with Gasteiger partial charge in [0.05, 0.1) is 16.8 Å². The van der Waals surface area contributed by atoms with Crippen molar-refractivity contribution in [1.29, 1.82) is 0 Å². The zero-order valence-electron chi connectivity index (χ0n) is 9.32. The molecule has 0 saturated carbocycles. The second-order valence-electron chi connectivity index (χ2n) is 3.48. The van der Waals surface area contributed by atoms with E-state index in [0.717, 1.165) is 5.56 Å². The monoisotopic (exact) mass is 284 g/mol. The van der Waals surface area contributed by atoms with E-state index in [1.54, 1.807) is 12.3 Å². The van der Waals surface area contributed by atoms with Crippen LogP contribution >= 0.6 is 22.9 Å². The third-order valence-corrected chi connectivity index (χ3v) is 3.87. The van der Waals surface area contributed by atoms with Gasteiger partial charge in [-0.05, 0) is 23.9 Å². The first-order valence-electron chi connectivity index (χ1n) is 4.96. The summed E-state index contributed by atoms with van der Waals surface area (Å²) in [5, 5.41) is 2.17. The van der Waals surface area contributed by atoms with Crippen molar-refractivity contribution in [2.45, 2.75) is 6.92 Å². The summed E-state index contributed by atoms with van der Waals surface area (Å²) in [5.74, 6) is -0.906. The van der Waals surface area contributed by atoms with Gasteiger partial charge >= 0.3 is 0 Å². The van der Waals surface area contributed by atoms with Gasteiger partial charge in [0.1, 0.15) is 11.1 Å². The minimum Gasteiger partial charge on any atom is -0.472 e. The Morgan fingerprint density at radius 3 is 2.61 bits per heavy atom. The number of hydrazine groups is 1. The highest BCUT2D eigenvalue weighted by molar-refractivity contribution is 7.13. The number of hydrogen-bond acceptors (Lipinski definition) is 4. The molecule has 7 heteroatoms. The molecule has 2 aromatic rings. The normalized spacial score (nSPS) is 10.1. The van der Waals surface area contributed by atoms with Gasteiger partial charge < -0.3 is 4.42 Å². The number of aryl methyl sites for hydroxylation is 1. The molecule has 5 nitrogen and oxygen atoms in total. The van der Waals surface area contributed by atoms with E-state index in [1.807, 2.05) is 0 Å². The lowest BCUT2D eigenvalue weighted by Crippen LogP contribution is -2.41. The molecular weight excluding hydrogens is 276 g/mol. The van der Waals surface area contributed by atoms with Gasteiger partial charge in [0.2, 0.25) is 0 Å². The molecule has 2 heterocycles. The zero-order chi connectivity index (χ0) is 13.1. The van der Waals surface area contributed by atoms with Crippen molar-refractivity contribution in [2.24, 2.45) is 0 Å². The van der Waals surface area contributed by atoms with Crippen LogP contribution in [0.3, 0.4) is 0 Å². The first-order chi connectivity index (χ1) is 8.59. The minimum absolute atomic E-state index is 0.323. The standard InChI is InChI=1S/C11H9ClN2O3S/c1-6-5-18-9(8(6)12)11(16)14-13-10(15)7-2-3-17-4-7/h2-5H,1H3,(H,13,15)(H,14,16). The number of hydrogen-bond donors (Lipinski definition) is 2. The summed E-state index contributed by atoms with van der Waals surface area (Å²) >= 11 is 7.16. The Bertz CT molecular complexity index is 577. The predicted molar refractivity (Wildman–Crippen MR) is 67.7 cm³/mol. The topological polar surface area (TPSA) is 71.3 Å². The number of furan rings is 1. The molecule has 0 unspecified atom stereocenters. The summed E-state index contributed by atoms with van der Waals surface area (Å²) in [6, 6.07) is 1.49. The Hall–Kier alpha value is -1.79. The van der Waals surface area contributed by atoms with Crippen LogP contribution in [0.25, 0.3) is 0 Å². The lowest BCUT2D eigenvalue weighted by Gasteiger charge is -2.04. The van der Waals surface area contributed by atoms with Crippen molar-refractivity contribution in [3.8, 4) is 0 Å². The van der Waals surface area contributed by atoms with Gasteiger partial charge in [-0.15, -0.1) is 11.3 Å². The molecule has 0 atom stereocenters. The van der Waals surface area contributed by atoms with Crippen LogP contribution in [0.5, 0.6) is 0 Å². The SMILES string of the molecule is Cc1csc(C(=O)NNC(=O)c2ccoc2)c1Cl. The molecule has 18 heavy (non-hydrogen) atoms. The average Bonchev–Trinajstić information content (AvgIpc) is 2.98. The van der Waals surface area contributed by atoms with E-state index in [1.165, 1.54) is 29.9 Å². The first-order valence-corrected chi connectivity index (χ1v) is 6.22. The fourth-order valence-electron chi connectivity index (χ4n) is 1.22. The van der Waals surface area contributed by atoms with Crippen LogP contribution in [-0.4, -0.2) is 11.8 Å². The molecule has 2 aromatic heterocycles. The Balaban J connectivity index is 1.97. The lowest BCUT2D eigenvalue weighted by molar-refractivity contribution is 0.0848. The molecule has 0 aliphatic carbocycles. The Morgan fingerprint density at radius 2 is 2.06 bits per heavy atom. The maximum Gasteiger partial charge on any atom is 0.281 e. The summed E-state index contributed by atoms with van der Waals surface area (Å²) in [5.41, 5.74) is 5.71. The summed E-state index contributed by atoms with van der Waals surface area (Å²) in [6.45, 7) is 1.81. The quantitative estimate of drug-likeness (QED) is 0.832. The van der Waals surface area contributed by atoms with Crippen LogP contribution in [0, 0.1) is 6.92 Å². The van der Waals surface area contributed by atoms with Crippen LogP contribution in [0.1, 0.15) is 25.6 Å². The van der Waals surface area contributed by atoms with Gasteiger partial charge in [0, 0.05) is 0 Å². The van der Waals surface area contributed by atoms with Crippen LogP contribution < -0.4 is 10.9 Å². The average molecular weight is 285 g/mol. The second-order valence-corrected chi connectivity index (χ2v) is 4.74. The zero-order valence-corrected chi connectivity index (χ0v) is 10.9. The Morgan fingerprint density at radius 1 is 1.33 bits per heavy atom. The number of thiophene rings is 1. The minimum atomic E-state index is -0.457. The van der Waals surface area contributed by atoms with Gasteiger partial charge in [0.25, 0.3) is 11.8 Å².